The number of nitrogens with one attached hydrogen (secondary N) is 1. The van der Waals surface area contributed by atoms with Crippen molar-refractivity contribution < 1.29 is 9.90 Å². The van der Waals surface area contributed by atoms with Crippen LogP contribution in [0, 0.1) is 5.41 Å². The second-order valence-electron chi connectivity index (χ2n) is 6.85. The number of carboxylic acid groups (broad SMARTS) is 1. The van der Waals surface area contributed by atoms with Gasteiger partial charge in [0, 0.05) is 30.0 Å². The number of hydrogen-bond acceptors (Lipinski definition) is 3. The van der Waals surface area contributed by atoms with E-state index < -0.39 is 6.09 Å². The van der Waals surface area contributed by atoms with Gasteiger partial charge in [-0.25, -0.2) is 4.79 Å². The zero-order valence-electron chi connectivity index (χ0n) is 13.0. The number of hydrogen-bond donors (Lipinski definition) is 3. The minimum Gasteiger partial charge on any atom is -0.465 e. The fraction of sp³-hybridized carbons (Fsp3) is 0.562. The Morgan fingerprint density at radius 3 is 2.71 bits per heavy atom. The minimum atomic E-state index is -0.822. The van der Waals surface area contributed by atoms with Gasteiger partial charge in [-0.05, 0) is 36.5 Å². The van der Waals surface area contributed by atoms with Crippen LogP contribution in [0.2, 0.25) is 0 Å². The molecule has 4 N–H and O–H groups in total. The van der Waals surface area contributed by atoms with Crippen molar-refractivity contribution in [3.8, 4) is 0 Å². The molecule has 2 rings (SSSR count). The van der Waals surface area contributed by atoms with Crippen LogP contribution in [0.5, 0.6) is 0 Å². The lowest BCUT2D eigenvalue weighted by Crippen LogP contribution is -2.54. The van der Waals surface area contributed by atoms with Gasteiger partial charge in [0.15, 0.2) is 0 Å². The molecule has 0 bridgehead atoms. The minimum absolute atomic E-state index is 0.0160. The number of benzene rings is 1. The zero-order valence-corrected chi connectivity index (χ0v) is 13.0. The molecular weight excluding hydrogens is 266 g/mol. The van der Waals surface area contributed by atoms with Gasteiger partial charge in [0.2, 0.25) is 0 Å². The van der Waals surface area contributed by atoms with Gasteiger partial charge in [-0.2, -0.15) is 0 Å². The van der Waals surface area contributed by atoms with Gasteiger partial charge in [0.05, 0.1) is 0 Å². The van der Waals surface area contributed by atoms with Crippen LogP contribution in [0.4, 0.5) is 16.2 Å². The van der Waals surface area contributed by atoms with Crippen molar-refractivity contribution in [3.63, 3.8) is 0 Å². The Morgan fingerprint density at radius 2 is 2.14 bits per heavy atom. The summed E-state index contributed by atoms with van der Waals surface area (Å²) in [5.74, 6) is 0. The van der Waals surface area contributed by atoms with Crippen LogP contribution in [-0.4, -0.2) is 34.7 Å². The summed E-state index contributed by atoms with van der Waals surface area (Å²) in [6.45, 7) is 6.85. The molecule has 1 heterocycles. The molecule has 2 atom stereocenters. The molecule has 0 radical (unpaired) electrons. The maximum Gasteiger partial charge on any atom is 0.407 e. The monoisotopic (exact) mass is 291 g/mol. The lowest BCUT2D eigenvalue weighted by molar-refractivity contribution is 0.0558. The number of likely N-dealkylation sites (tertiary alicyclic amines) is 1. The molecule has 1 fully saturated rings. The molecule has 1 aromatic carbocycles. The molecule has 2 unspecified atom stereocenters. The Labute approximate surface area is 126 Å². The summed E-state index contributed by atoms with van der Waals surface area (Å²) in [5.41, 5.74) is 7.45. The van der Waals surface area contributed by atoms with E-state index in [1.807, 2.05) is 24.3 Å². The first-order valence-electron chi connectivity index (χ1n) is 7.39. The normalized spacial score (nSPS) is 22.9. The Morgan fingerprint density at radius 1 is 1.43 bits per heavy atom. The number of nitrogens with two attached hydrogens (primary N) is 1. The van der Waals surface area contributed by atoms with Crippen LogP contribution < -0.4 is 11.1 Å². The maximum absolute atomic E-state index is 11.4. The van der Waals surface area contributed by atoms with E-state index in [-0.39, 0.29) is 17.5 Å². The van der Waals surface area contributed by atoms with E-state index in [1.54, 1.807) is 4.90 Å². The largest absolute Gasteiger partial charge is 0.465 e. The van der Waals surface area contributed by atoms with Gasteiger partial charge in [-0.3, -0.25) is 0 Å². The SMILES string of the molecule is CC(C)(C)C1CC(Nc2cccc(N)c2)CCN1C(=O)O. The Hall–Kier alpha value is -1.91. The molecule has 1 saturated heterocycles. The molecule has 5 heteroatoms. The summed E-state index contributed by atoms with van der Waals surface area (Å²) in [7, 11) is 0. The highest BCUT2D eigenvalue weighted by Gasteiger charge is 2.38. The van der Waals surface area contributed by atoms with Crippen molar-refractivity contribution in [1.29, 1.82) is 0 Å². The molecule has 1 amide bonds. The van der Waals surface area contributed by atoms with Crippen LogP contribution in [-0.2, 0) is 0 Å². The number of nitrogens with zero attached hydrogens (tertiary/aromatic N) is 1. The third kappa shape index (κ3) is 3.80. The molecule has 21 heavy (non-hydrogen) atoms. The van der Waals surface area contributed by atoms with Gasteiger partial charge < -0.3 is 21.1 Å². The predicted molar refractivity (Wildman–Crippen MR) is 85.5 cm³/mol. The van der Waals surface area contributed by atoms with E-state index in [0.717, 1.165) is 24.2 Å². The molecule has 1 aliphatic heterocycles. The van der Waals surface area contributed by atoms with Crippen LogP contribution in [0.3, 0.4) is 0 Å². The summed E-state index contributed by atoms with van der Waals surface area (Å²) < 4.78 is 0. The number of nitrogen functional groups attached to an aromatic ring is 1. The van der Waals surface area contributed by atoms with Crippen LogP contribution in [0.25, 0.3) is 0 Å². The molecule has 116 valence electrons. The molecule has 1 aliphatic rings. The number of anilines is 2. The third-order valence-electron chi connectivity index (χ3n) is 4.11. The summed E-state index contributed by atoms with van der Waals surface area (Å²) in [6.07, 6.45) is 0.801. The average molecular weight is 291 g/mol. The first-order chi connectivity index (χ1) is 9.77. The van der Waals surface area contributed by atoms with E-state index in [4.69, 9.17) is 5.73 Å². The molecule has 0 spiro atoms. The van der Waals surface area contributed by atoms with Gasteiger partial charge >= 0.3 is 6.09 Å². The topological polar surface area (TPSA) is 78.6 Å². The summed E-state index contributed by atoms with van der Waals surface area (Å²) in [5, 5.41) is 12.9. The predicted octanol–water partition coefficient (Wildman–Crippen LogP) is 3.24. The average Bonchev–Trinajstić information content (AvgIpc) is 2.37. The zero-order chi connectivity index (χ0) is 15.6. The Kier molecular flexibility index (Phi) is 4.30. The van der Waals surface area contributed by atoms with Crippen molar-refractivity contribution in [2.45, 2.75) is 45.7 Å². The highest BCUT2D eigenvalue weighted by atomic mass is 16.4. The lowest BCUT2D eigenvalue weighted by Gasteiger charge is -2.45. The Balaban J connectivity index is 2.09. The van der Waals surface area contributed by atoms with Crippen molar-refractivity contribution in [1.82, 2.24) is 4.90 Å². The third-order valence-corrected chi connectivity index (χ3v) is 4.11. The number of piperidine rings is 1. The number of carbonyl (C=O) groups is 1. The standard InChI is InChI=1S/C16H25N3O2/c1-16(2,3)14-10-13(7-8-19(14)15(20)21)18-12-6-4-5-11(17)9-12/h4-6,9,13-14,18H,7-8,10,17H2,1-3H3,(H,20,21). The second-order valence-corrected chi connectivity index (χ2v) is 6.85. The van der Waals surface area contributed by atoms with E-state index in [0.29, 0.717) is 6.54 Å². The fourth-order valence-electron chi connectivity index (χ4n) is 3.01. The summed E-state index contributed by atoms with van der Waals surface area (Å²) >= 11 is 0. The van der Waals surface area contributed by atoms with Gasteiger partial charge in [0.1, 0.15) is 0 Å². The molecule has 0 saturated carbocycles. The molecule has 0 aliphatic carbocycles. The molecule has 0 aromatic heterocycles. The smallest absolute Gasteiger partial charge is 0.407 e. The van der Waals surface area contributed by atoms with Crippen molar-refractivity contribution >= 4 is 17.5 Å². The van der Waals surface area contributed by atoms with Crippen molar-refractivity contribution in [2.75, 3.05) is 17.6 Å². The molecule has 1 aromatic rings. The highest BCUT2D eigenvalue weighted by Crippen LogP contribution is 2.33. The number of amides is 1. The first-order valence-corrected chi connectivity index (χ1v) is 7.39. The number of rotatable bonds is 2. The summed E-state index contributed by atoms with van der Waals surface area (Å²) in [4.78, 5) is 13.0. The maximum atomic E-state index is 11.4. The fourth-order valence-corrected chi connectivity index (χ4v) is 3.01. The van der Waals surface area contributed by atoms with Crippen LogP contribution in [0.1, 0.15) is 33.6 Å². The van der Waals surface area contributed by atoms with Gasteiger partial charge in [0.25, 0.3) is 0 Å². The van der Waals surface area contributed by atoms with E-state index in [1.165, 1.54) is 0 Å². The van der Waals surface area contributed by atoms with E-state index >= 15 is 0 Å². The molecular formula is C16H25N3O2. The first kappa shape index (κ1) is 15.5. The Bertz CT molecular complexity index is 510. The van der Waals surface area contributed by atoms with Gasteiger partial charge in [-0.1, -0.05) is 26.8 Å². The van der Waals surface area contributed by atoms with Crippen LogP contribution in [0.15, 0.2) is 24.3 Å². The van der Waals surface area contributed by atoms with Gasteiger partial charge in [-0.15, -0.1) is 0 Å². The van der Waals surface area contributed by atoms with E-state index in [9.17, 15) is 9.90 Å². The van der Waals surface area contributed by atoms with E-state index in [2.05, 4.69) is 26.1 Å². The molecule has 5 nitrogen and oxygen atoms in total. The quantitative estimate of drug-likeness (QED) is 0.731. The van der Waals surface area contributed by atoms with Crippen molar-refractivity contribution in [3.05, 3.63) is 24.3 Å². The van der Waals surface area contributed by atoms with Crippen LogP contribution >= 0.6 is 0 Å². The second kappa shape index (κ2) is 5.84. The lowest BCUT2D eigenvalue weighted by atomic mass is 9.79. The summed E-state index contributed by atoms with van der Waals surface area (Å²) in [6, 6.07) is 7.97. The highest BCUT2D eigenvalue weighted by molar-refractivity contribution is 5.66. The van der Waals surface area contributed by atoms with Crippen molar-refractivity contribution in [2.24, 2.45) is 5.41 Å².